The van der Waals surface area contributed by atoms with Gasteiger partial charge < -0.3 is 15.0 Å². The van der Waals surface area contributed by atoms with Crippen molar-refractivity contribution in [2.45, 2.75) is 63.8 Å². The lowest BCUT2D eigenvalue weighted by Gasteiger charge is -2.24. The highest BCUT2D eigenvalue weighted by Gasteiger charge is 2.41. The predicted molar refractivity (Wildman–Crippen MR) is 123 cm³/mol. The lowest BCUT2D eigenvalue weighted by atomic mass is 10.1. The molecule has 1 aliphatic carbocycles. The Morgan fingerprint density at radius 3 is 2.73 bits per heavy atom. The van der Waals surface area contributed by atoms with Crippen molar-refractivity contribution in [1.82, 2.24) is 24.3 Å². The zero-order chi connectivity index (χ0) is 23.4. The second-order valence-electron chi connectivity index (χ2n) is 10.3. The molecule has 2 aliphatic rings. The van der Waals surface area contributed by atoms with Crippen molar-refractivity contribution in [1.29, 1.82) is 0 Å². The monoisotopic (exact) mass is 452 g/mol. The third kappa shape index (κ3) is 4.36. The van der Waals surface area contributed by atoms with Crippen molar-refractivity contribution in [3.8, 4) is 11.4 Å². The number of carbonyl (C=O) groups excluding carboxylic acids is 1. The van der Waals surface area contributed by atoms with Crippen LogP contribution in [-0.2, 0) is 10.2 Å². The van der Waals surface area contributed by atoms with E-state index in [1.54, 1.807) is 39.2 Å². The second-order valence-corrected chi connectivity index (χ2v) is 10.3. The minimum Gasteiger partial charge on any atom is -0.444 e. The van der Waals surface area contributed by atoms with Crippen LogP contribution >= 0.6 is 0 Å². The summed E-state index contributed by atoms with van der Waals surface area (Å²) < 4.78 is 22.1. The zero-order valence-corrected chi connectivity index (χ0v) is 19.4. The Morgan fingerprint density at radius 1 is 1.21 bits per heavy atom. The van der Waals surface area contributed by atoms with Gasteiger partial charge in [0.2, 0.25) is 0 Å². The molecular weight excluding hydrogens is 423 g/mol. The second kappa shape index (κ2) is 7.67. The third-order valence-corrected chi connectivity index (χ3v) is 6.26. The van der Waals surface area contributed by atoms with Crippen LogP contribution in [0.4, 0.5) is 15.0 Å². The normalized spacial score (nSPS) is 21.9. The Morgan fingerprint density at radius 2 is 2.00 bits per heavy atom. The van der Waals surface area contributed by atoms with Crippen LogP contribution in [0.3, 0.4) is 0 Å². The van der Waals surface area contributed by atoms with Gasteiger partial charge in [-0.1, -0.05) is 13.0 Å². The molecule has 4 heterocycles. The number of nitrogens with zero attached hydrogens (tertiary/aromatic N) is 5. The van der Waals surface area contributed by atoms with Crippen molar-refractivity contribution in [2.75, 3.05) is 18.4 Å². The number of hydrogen-bond acceptors (Lipinski definition) is 6. The molecule has 3 aromatic heterocycles. The number of amides is 1. The molecule has 9 heteroatoms. The maximum Gasteiger partial charge on any atom is 0.410 e. The maximum atomic E-state index is 14.7. The van der Waals surface area contributed by atoms with E-state index in [-0.39, 0.29) is 18.5 Å². The Labute approximate surface area is 192 Å². The molecule has 33 heavy (non-hydrogen) atoms. The van der Waals surface area contributed by atoms with Gasteiger partial charge in [0.1, 0.15) is 17.6 Å². The van der Waals surface area contributed by atoms with Crippen LogP contribution in [0.5, 0.6) is 0 Å². The van der Waals surface area contributed by atoms with E-state index in [0.29, 0.717) is 5.82 Å². The summed E-state index contributed by atoms with van der Waals surface area (Å²) in [5, 5.41) is 3.16. The number of ether oxygens (including phenoxy) is 1. The van der Waals surface area contributed by atoms with Crippen molar-refractivity contribution in [3.63, 3.8) is 0 Å². The van der Waals surface area contributed by atoms with Gasteiger partial charge in [-0.3, -0.25) is 9.38 Å². The smallest absolute Gasteiger partial charge is 0.410 e. The van der Waals surface area contributed by atoms with E-state index in [1.807, 2.05) is 22.7 Å². The first-order valence-electron chi connectivity index (χ1n) is 11.3. The highest BCUT2D eigenvalue weighted by molar-refractivity contribution is 5.69. The van der Waals surface area contributed by atoms with Gasteiger partial charge in [-0.15, -0.1) is 0 Å². The molecule has 1 N–H and O–H groups in total. The van der Waals surface area contributed by atoms with Crippen molar-refractivity contribution in [2.24, 2.45) is 0 Å². The molecule has 3 aromatic rings. The molecule has 2 fully saturated rings. The molecule has 1 saturated carbocycles. The van der Waals surface area contributed by atoms with E-state index in [4.69, 9.17) is 9.72 Å². The predicted octanol–water partition coefficient (Wildman–Crippen LogP) is 4.21. The number of hydrogen-bond donors (Lipinski definition) is 1. The summed E-state index contributed by atoms with van der Waals surface area (Å²) in [5.41, 5.74) is 2.90. The number of aromatic nitrogens is 4. The quantitative estimate of drug-likeness (QED) is 0.638. The van der Waals surface area contributed by atoms with Crippen LogP contribution in [0.15, 0.2) is 36.8 Å². The van der Waals surface area contributed by atoms with E-state index in [0.717, 1.165) is 35.6 Å². The summed E-state index contributed by atoms with van der Waals surface area (Å²) >= 11 is 0. The number of carbonyl (C=O) groups is 1. The Bertz CT molecular complexity index is 1200. The molecule has 0 unspecified atom stereocenters. The number of likely N-dealkylation sites (tertiary alicyclic amines) is 1. The van der Waals surface area contributed by atoms with E-state index in [9.17, 15) is 9.18 Å². The van der Waals surface area contributed by atoms with E-state index < -0.39 is 23.9 Å². The fraction of sp³-hybridized carbons (Fsp3) is 0.500. The first-order chi connectivity index (χ1) is 15.6. The minimum absolute atomic E-state index is 0.00588. The number of alkyl halides is 1. The molecule has 0 spiro atoms. The number of pyridine rings is 1. The van der Waals surface area contributed by atoms with Crippen LogP contribution in [0.25, 0.3) is 17.0 Å². The Kier molecular flexibility index (Phi) is 5.02. The molecule has 8 nitrogen and oxygen atoms in total. The van der Waals surface area contributed by atoms with Gasteiger partial charge >= 0.3 is 6.09 Å². The molecular formula is C24H29FN6O2. The molecule has 0 radical (unpaired) electrons. The number of halogens is 1. The number of rotatable bonds is 4. The zero-order valence-electron chi connectivity index (χ0n) is 19.4. The van der Waals surface area contributed by atoms with Gasteiger partial charge in [0, 0.05) is 18.2 Å². The SMILES string of the molecule is CC(C)(C)OC(=O)N1C[C@H](Nc2cccc(-c3cnc4cnc(C5(C)CC5)cn34)n2)[C@@H](F)C1. The number of imidazole rings is 1. The van der Waals surface area contributed by atoms with Gasteiger partial charge in [-0.2, -0.15) is 0 Å². The lowest BCUT2D eigenvalue weighted by molar-refractivity contribution is 0.0283. The number of anilines is 1. The summed E-state index contributed by atoms with van der Waals surface area (Å²) in [6.45, 7) is 7.81. The molecule has 1 amide bonds. The molecule has 5 rings (SSSR count). The fourth-order valence-corrected chi connectivity index (χ4v) is 4.06. The highest BCUT2D eigenvalue weighted by atomic mass is 19.1. The lowest BCUT2D eigenvalue weighted by Crippen LogP contribution is -2.36. The van der Waals surface area contributed by atoms with Crippen LogP contribution in [-0.4, -0.2) is 61.2 Å². The van der Waals surface area contributed by atoms with Crippen molar-refractivity contribution < 1.29 is 13.9 Å². The summed E-state index contributed by atoms with van der Waals surface area (Å²) in [4.78, 5) is 27.5. The van der Waals surface area contributed by atoms with Gasteiger partial charge in [-0.25, -0.2) is 19.2 Å². The molecule has 0 aromatic carbocycles. The Hall–Kier alpha value is -3.23. The van der Waals surface area contributed by atoms with Gasteiger partial charge in [-0.05, 0) is 45.7 Å². The molecule has 2 atom stereocenters. The summed E-state index contributed by atoms with van der Waals surface area (Å²) in [6.07, 6.45) is 6.17. The van der Waals surface area contributed by atoms with Crippen molar-refractivity contribution >= 4 is 17.6 Å². The standard InChI is InChI=1S/C24H29FN6O2/c1-23(2,3)33-22(32)30-12-15(25)17(13-30)29-20-7-5-6-16(28-20)18-10-27-21-11-26-19(14-31(18)21)24(4)8-9-24/h5-7,10-11,14-15,17H,8-9,12-13H2,1-4H3,(H,28,29)/t15-,17-/m0/s1. The largest absolute Gasteiger partial charge is 0.444 e. The average Bonchev–Trinajstić information content (AvgIpc) is 3.20. The average molecular weight is 453 g/mol. The van der Waals surface area contributed by atoms with Crippen LogP contribution in [0, 0.1) is 0 Å². The summed E-state index contributed by atoms with van der Waals surface area (Å²) in [5.74, 6) is 0.546. The third-order valence-electron chi connectivity index (χ3n) is 6.26. The maximum absolute atomic E-state index is 14.7. The number of nitrogens with one attached hydrogen (secondary N) is 1. The first-order valence-corrected chi connectivity index (χ1v) is 11.3. The van der Waals surface area contributed by atoms with Crippen LogP contribution < -0.4 is 5.32 Å². The Balaban J connectivity index is 1.35. The first kappa shape index (κ1) is 21.6. The van der Waals surface area contributed by atoms with Gasteiger partial charge in [0.05, 0.1) is 42.1 Å². The van der Waals surface area contributed by atoms with Crippen LogP contribution in [0.2, 0.25) is 0 Å². The number of fused-ring (bicyclic) bond motifs is 1. The van der Waals surface area contributed by atoms with Gasteiger partial charge in [0.25, 0.3) is 0 Å². The van der Waals surface area contributed by atoms with E-state index in [2.05, 4.69) is 22.2 Å². The molecule has 1 saturated heterocycles. The molecule has 174 valence electrons. The molecule has 0 bridgehead atoms. The van der Waals surface area contributed by atoms with E-state index >= 15 is 0 Å². The summed E-state index contributed by atoms with van der Waals surface area (Å²) in [7, 11) is 0. The van der Waals surface area contributed by atoms with Crippen molar-refractivity contribution in [3.05, 3.63) is 42.5 Å². The molecule has 1 aliphatic heterocycles. The van der Waals surface area contributed by atoms with Crippen LogP contribution in [0.1, 0.15) is 46.2 Å². The van der Waals surface area contributed by atoms with E-state index in [1.165, 1.54) is 4.90 Å². The minimum atomic E-state index is -1.22. The summed E-state index contributed by atoms with van der Waals surface area (Å²) in [6, 6.07) is 5.02. The van der Waals surface area contributed by atoms with Gasteiger partial charge in [0.15, 0.2) is 5.65 Å². The highest BCUT2D eigenvalue weighted by Crippen LogP contribution is 2.46. The topological polar surface area (TPSA) is 84.6 Å². The fourth-order valence-electron chi connectivity index (χ4n) is 4.06.